The highest BCUT2D eigenvalue weighted by atomic mass is 35.5. The molecule has 3 aromatic carbocycles. The second-order valence-electron chi connectivity index (χ2n) is 8.04. The predicted octanol–water partition coefficient (Wildman–Crippen LogP) is 6.70. The summed E-state index contributed by atoms with van der Waals surface area (Å²) in [6.45, 7) is 3.95. The monoisotopic (exact) mass is 490 g/mol. The lowest BCUT2D eigenvalue weighted by Crippen LogP contribution is -2.46. The van der Waals surface area contributed by atoms with Crippen molar-refractivity contribution in [2.45, 2.75) is 19.9 Å². The van der Waals surface area contributed by atoms with Gasteiger partial charge < -0.3 is 9.84 Å². The van der Waals surface area contributed by atoms with Gasteiger partial charge in [0.15, 0.2) is 5.11 Å². The van der Waals surface area contributed by atoms with Gasteiger partial charge in [0.05, 0.1) is 11.6 Å². The maximum Gasteiger partial charge on any atom is 0.258 e. The van der Waals surface area contributed by atoms with Gasteiger partial charge in [-0.25, -0.2) is 4.39 Å². The highest BCUT2D eigenvalue weighted by Gasteiger charge is 2.34. The van der Waals surface area contributed by atoms with Crippen LogP contribution < -0.4 is 10.2 Å². The van der Waals surface area contributed by atoms with Crippen molar-refractivity contribution in [2.75, 3.05) is 4.90 Å². The van der Waals surface area contributed by atoms with Crippen molar-refractivity contribution in [1.29, 1.82) is 0 Å². The van der Waals surface area contributed by atoms with Crippen LogP contribution >= 0.6 is 23.8 Å². The van der Waals surface area contributed by atoms with E-state index >= 15 is 0 Å². The first kappa shape index (κ1) is 22.3. The lowest BCUT2D eigenvalue weighted by Gasteiger charge is -2.37. The lowest BCUT2D eigenvalue weighted by atomic mass is 9.94. The maximum absolute atomic E-state index is 13.6. The Morgan fingerprint density at radius 2 is 1.76 bits per heavy atom. The van der Waals surface area contributed by atoms with E-state index in [2.05, 4.69) is 10.5 Å². The number of hydrogen-bond acceptors (Lipinski definition) is 4. The third kappa shape index (κ3) is 4.20. The molecule has 34 heavy (non-hydrogen) atoms. The molecule has 170 valence electrons. The fraction of sp³-hybridized carbons (Fsp3) is 0.115. The van der Waals surface area contributed by atoms with E-state index in [1.165, 1.54) is 12.1 Å². The molecule has 1 aliphatic heterocycles. The second-order valence-corrected chi connectivity index (χ2v) is 8.86. The summed E-state index contributed by atoms with van der Waals surface area (Å²) in [7, 11) is 0. The Hall–Kier alpha value is -3.55. The molecule has 0 radical (unpaired) electrons. The number of aromatic nitrogens is 2. The molecule has 8 heteroatoms. The van der Waals surface area contributed by atoms with E-state index < -0.39 is 0 Å². The van der Waals surface area contributed by atoms with E-state index in [0.717, 1.165) is 33.6 Å². The van der Waals surface area contributed by atoms with Gasteiger partial charge in [-0.15, -0.1) is 0 Å². The Bertz CT molecular complexity index is 1400. The van der Waals surface area contributed by atoms with E-state index in [0.29, 0.717) is 21.9 Å². The zero-order chi connectivity index (χ0) is 23.8. The Morgan fingerprint density at radius 3 is 2.47 bits per heavy atom. The number of anilines is 1. The third-order valence-electron chi connectivity index (χ3n) is 5.71. The molecule has 1 aliphatic rings. The van der Waals surface area contributed by atoms with Crippen LogP contribution in [0.3, 0.4) is 0 Å². The number of benzene rings is 3. The molecule has 0 aliphatic carbocycles. The fourth-order valence-electron chi connectivity index (χ4n) is 4.06. The molecule has 0 spiro atoms. The smallest absolute Gasteiger partial charge is 0.258 e. The van der Waals surface area contributed by atoms with E-state index in [1.54, 1.807) is 12.1 Å². The molecule has 5 nitrogen and oxygen atoms in total. The van der Waals surface area contributed by atoms with Crippen molar-refractivity contribution in [3.8, 4) is 11.4 Å². The van der Waals surface area contributed by atoms with E-state index in [4.69, 9.17) is 33.3 Å². The largest absolute Gasteiger partial charge is 0.351 e. The van der Waals surface area contributed by atoms with Crippen LogP contribution in [-0.2, 0) is 0 Å². The van der Waals surface area contributed by atoms with Gasteiger partial charge in [0.1, 0.15) is 5.82 Å². The quantitative estimate of drug-likeness (QED) is 0.321. The number of aryl methyl sites for hydroxylation is 1. The summed E-state index contributed by atoms with van der Waals surface area (Å²) >= 11 is 11.8. The van der Waals surface area contributed by atoms with Gasteiger partial charge >= 0.3 is 0 Å². The van der Waals surface area contributed by atoms with Gasteiger partial charge in [0.2, 0.25) is 5.82 Å². The van der Waals surface area contributed by atoms with Gasteiger partial charge in [-0.1, -0.05) is 52.7 Å². The zero-order valence-electron chi connectivity index (χ0n) is 18.4. The molecule has 2 heterocycles. The van der Waals surface area contributed by atoms with Crippen molar-refractivity contribution >= 4 is 40.2 Å². The average molecular weight is 491 g/mol. The normalized spacial score (nSPS) is 16.1. The van der Waals surface area contributed by atoms with Gasteiger partial charge in [-0.2, -0.15) is 4.98 Å². The summed E-state index contributed by atoms with van der Waals surface area (Å²) in [5.41, 5.74) is 5.20. The summed E-state index contributed by atoms with van der Waals surface area (Å²) < 4.78 is 19.3. The highest BCUT2D eigenvalue weighted by molar-refractivity contribution is 7.80. The molecule has 5 rings (SSSR count). The van der Waals surface area contributed by atoms with Crippen LogP contribution in [0.1, 0.15) is 30.0 Å². The second kappa shape index (κ2) is 9.00. The predicted molar refractivity (Wildman–Crippen MR) is 136 cm³/mol. The summed E-state index contributed by atoms with van der Waals surface area (Å²) in [6.07, 6.45) is 0. The summed E-state index contributed by atoms with van der Waals surface area (Å²) in [5, 5.41) is 8.74. The number of nitrogens with zero attached hydrogens (tertiary/aromatic N) is 3. The van der Waals surface area contributed by atoms with Crippen LogP contribution in [0.5, 0.6) is 0 Å². The van der Waals surface area contributed by atoms with Crippen molar-refractivity contribution in [3.05, 3.63) is 106 Å². The van der Waals surface area contributed by atoms with Gasteiger partial charge in [0, 0.05) is 22.0 Å². The average Bonchev–Trinajstić information content (AvgIpc) is 3.30. The van der Waals surface area contributed by atoms with Crippen molar-refractivity contribution in [3.63, 3.8) is 0 Å². The molecule has 1 unspecified atom stereocenters. The molecular formula is C26H20ClFN4OS. The van der Waals surface area contributed by atoms with Gasteiger partial charge in [0.25, 0.3) is 5.89 Å². The number of allylic oxidation sites excluding steroid dienone is 1. The number of halogens is 2. The topological polar surface area (TPSA) is 54.2 Å². The molecule has 0 saturated carbocycles. The number of hydrogen-bond donors (Lipinski definition) is 1. The zero-order valence-corrected chi connectivity index (χ0v) is 20.0. The lowest BCUT2D eigenvalue weighted by molar-refractivity contribution is 0.404. The molecule has 1 atom stereocenters. The Balaban J connectivity index is 1.65. The van der Waals surface area contributed by atoms with Crippen molar-refractivity contribution in [2.24, 2.45) is 0 Å². The summed E-state index contributed by atoms with van der Waals surface area (Å²) in [6, 6.07) is 21.3. The van der Waals surface area contributed by atoms with Crippen molar-refractivity contribution in [1.82, 2.24) is 15.5 Å². The first-order chi connectivity index (χ1) is 16.4. The van der Waals surface area contributed by atoms with Crippen LogP contribution in [0, 0.1) is 12.7 Å². The first-order valence-corrected chi connectivity index (χ1v) is 11.4. The molecule has 1 aromatic heterocycles. The van der Waals surface area contributed by atoms with Crippen LogP contribution in [0.25, 0.3) is 17.0 Å². The van der Waals surface area contributed by atoms with E-state index in [1.807, 2.05) is 67.3 Å². The van der Waals surface area contributed by atoms with Crippen molar-refractivity contribution < 1.29 is 8.91 Å². The number of thiocarbonyl (C=S) groups is 1. The van der Waals surface area contributed by atoms with Crippen LogP contribution in [0.2, 0.25) is 5.02 Å². The summed E-state index contributed by atoms with van der Waals surface area (Å²) in [4.78, 5) is 6.56. The Morgan fingerprint density at radius 1 is 1.03 bits per heavy atom. The Labute approximate surface area is 206 Å². The van der Waals surface area contributed by atoms with Gasteiger partial charge in [-0.3, -0.25) is 4.90 Å². The molecule has 0 saturated heterocycles. The van der Waals surface area contributed by atoms with Gasteiger partial charge in [-0.05, 0) is 74.1 Å². The van der Waals surface area contributed by atoms with E-state index in [9.17, 15) is 4.39 Å². The van der Waals surface area contributed by atoms with Crippen LogP contribution in [-0.4, -0.2) is 15.3 Å². The fourth-order valence-corrected chi connectivity index (χ4v) is 4.55. The molecule has 1 N–H and O–H groups in total. The number of nitrogens with one attached hydrogen (secondary N) is 1. The SMILES string of the molecule is CC1=C(c2nc(-c3cccc(C)c3)no2)C(c2ccc(Cl)cc2)NC(=S)N1c1ccc(F)cc1. The maximum atomic E-state index is 13.6. The third-order valence-corrected chi connectivity index (χ3v) is 6.26. The minimum atomic E-state index is -0.340. The molecule has 0 amide bonds. The highest BCUT2D eigenvalue weighted by Crippen LogP contribution is 2.39. The van der Waals surface area contributed by atoms with E-state index in [-0.39, 0.29) is 11.9 Å². The first-order valence-electron chi connectivity index (χ1n) is 10.6. The molecule has 0 bridgehead atoms. The van der Waals surface area contributed by atoms with Crippen LogP contribution in [0.4, 0.5) is 10.1 Å². The molecule has 4 aromatic rings. The minimum absolute atomic E-state index is 0.319. The summed E-state index contributed by atoms with van der Waals surface area (Å²) in [5.74, 6) is 0.548. The molecule has 0 fully saturated rings. The standard InChI is InChI=1S/C26H20ClFN4OS/c1-15-4-3-5-18(14-15)24-30-25(33-31-24)22-16(2)32(21-12-10-20(28)11-13-21)26(34)29-23(22)17-6-8-19(27)9-7-17/h3-14,23H,1-2H3,(H,29,34). The number of rotatable bonds is 4. The minimum Gasteiger partial charge on any atom is -0.351 e. The van der Waals surface area contributed by atoms with Crippen LogP contribution in [0.15, 0.2) is 83.0 Å². The molecular weight excluding hydrogens is 471 g/mol. The Kier molecular flexibility index (Phi) is 5.89.